The molecular weight excluding hydrogens is 322 g/mol. The highest BCUT2D eigenvalue weighted by molar-refractivity contribution is 5.80. The number of carbonyl (C=O) groups is 1. The molecule has 3 rings (SSSR count). The van der Waals surface area contributed by atoms with Crippen LogP contribution in [0.1, 0.15) is 49.7 Å². The second-order valence-electron chi connectivity index (χ2n) is 6.86. The molecule has 0 radical (unpaired) electrons. The number of nitrogens with zero attached hydrogens (tertiary/aromatic N) is 2. The summed E-state index contributed by atoms with van der Waals surface area (Å²) in [7, 11) is 0. The SMILES string of the molecule is CCCCn1c(C(C)NC(=O)Cc2ccccc2C)nc2ccccc21. The molecule has 0 fully saturated rings. The Morgan fingerprint density at radius 1 is 1.15 bits per heavy atom. The van der Waals surface area contributed by atoms with E-state index in [4.69, 9.17) is 4.98 Å². The lowest BCUT2D eigenvalue weighted by atomic mass is 10.1. The van der Waals surface area contributed by atoms with Crippen molar-refractivity contribution in [1.82, 2.24) is 14.9 Å². The molecule has 1 atom stereocenters. The minimum absolute atomic E-state index is 0.0286. The number of nitrogens with one attached hydrogen (secondary N) is 1. The smallest absolute Gasteiger partial charge is 0.225 e. The number of hydrogen-bond acceptors (Lipinski definition) is 2. The number of para-hydroxylation sites is 2. The zero-order chi connectivity index (χ0) is 18.5. The van der Waals surface area contributed by atoms with E-state index in [-0.39, 0.29) is 11.9 Å². The molecule has 0 aliphatic rings. The summed E-state index contributed by atoms with van der Waals surface area (Å²) in [6.07, 6.45) is 2.61. The van der Waals surface area contributed by atoms with Crippen LogP contribution >= 0.6 is 0 Å². The fourth-order valence-electron chi connectivity index (χ4n) is 3.31. The van der Waals surface area contributed by atoms with E-state index in [0.717, 1.165) is 47.4 Å². The number of aryl methyl sites for hydroxylation is 2. The molecule has 0 spiro atoms. The van der Waals surface area contributed by atoms with Gasteiger partial charge in [0.1, 0.15) is 5.82 Å². The Morgan fingerprint density at radius 2 is 1.88 bits per heavy atom. The van der Waals surface area contributed by atoms with E-state index in [1.54, 1.807) is 0 Å². The van der Waals surface area contributed by atoms with Crippen LogP contribution in [0.15, 0.2) is 48.5 Å². The normalized spacial score (nSPS) is 12.3. The first-order chi connectivity index (χ1) is 12.6. The maximum absolute atomic E-state index is 12.5. The first kappa shape index (κ1) is 18.2. The summed E-state index contributed by atoms with van der Waals surface area (Å²) in [6.45, 7) is 7.16. The average molecular weight is 349 g/mol. The minimum atomic E-state index is -0.129. The fraction of sp³-hybridized carbons (Fsp3) is 0.364. The minimum Gasteiger partial charge on any atom is -0.346 e. The number of aromatic nitrogens is 2. The van der Waals surface area contributed by atoms with Gasteiger partial charge >= 0.3 is 0 Å². The highest BCUT2D eigenvalue weighted by Gasteiger charge is 2.18. The van der Waals surface area contributed by atoms with Gasteiger partial charge in [-0.25, -0.2) is 4.98 Å². The summed E-state index contributed by atoms with van der Waals surface area (Å²) in [5.41, 5.74) is 4.33. The molecule has 26 heavy (non-hydrogen) atoms. The zero-order valence-electron chi connectivity index (χ0n) is 15.8. The van der Waals surface area contributed by atoms with Gasteiger partial charge in [-0.05, 0) is 43.5 Å². The number of hydrogen-bond donors (Lipinski definition) is 1. The number of unbranched alkanes of at least 4 members (excludes halogenated alkanes) is 1. The van der Waals surface area contributed by atoms with Gasteiger partial charge in [-0.15, -0.1) is 0 Å². The molecule has 4 nitrogen and oxygen atoms in total. The quantitative estimate of drug-likeness (QED) is 0.679. The molecule has 1 amide bonds. The van der Waals surface area contributed by atoms with Crippen molar-refractivity contribution < 1.29 is 4.79 Å². The van der Waals surface area contributed by atoms with Crippen molar-refractivity contribution in [2.24, 2.45) is 0 Å². The fourth-order valence-corrected chi connectivity index (χ4v) is 3.31. The highest BCUT2D eigenvalue weighted by Crippen LogP contribution is 2.22. The Bertz CT molecular complexity index is 897. The van der Waals surface area contributed by atoms with Crippen LogP contribution in [-0.4, -0.2) is 15.5 Å². The summed E-state index contributed by atoms with van der Waals surface area (Å²) in [6, 6.07) is 16.1. The molecule has 2 aromatic carbocycles. The molecular formula is C22H27N3O. The van der Waals surface area contributed by atoms with Gasteiger partial charge in [-0.2, -0.15) is 0 Å². The second kappa shape index (κ2) is 8.17. The molecule has 0 aliphatic carbocycles. The third-order valence-corrected chi connectivity index (χ3v) is 4.80. The Hall–Kier alpha value is -2.62. The van der Waals surface area contributed by atoms with Crippen LogP contribution in [0, 0.1) is 6.92 Å². The van der Waals surface area contributed by atoms with Crippen molar-refractivity contribution >= 4 is 16.9 Å². The first-order valence-electron chi connectivity index (χ1n) is 9.39. The van der Waals surface area contributed by atoms with Crippen LogP contribution in [0.2, 0.25) is 0 Å². The third-order valence-electron chi connectivity index (χ3n) is 4.80. The molecule has 0 saturated carbocycles. The van der Waals surface area contributed by atoms with Crippen LogP contribution in [0.25, 0.3) is 11.0 Å². The molecule has 1 heterocycles. The van der Waals surface area contributed by atoms with Crippen molar-refractivity contribution in [3.8, 4) is 0 Å². The summed E-state index contributed by atoms with van der Waals surface area (Å²) in [5, 5.41) is 3.13. The van der Waals surface area contributed by atoms with E-state index in [1.807, 2.05) is 56.3 Å². The van der Waals surface area contributed by atoms with Crippen LogP contribution in [0.3, 0.4) is 0 Å². The van der Waals surface area contributed by atoms with Gasteiger partial charge in [0, 0.05) is 6.54 Å². The van der Waals surface area contributed by atoms with Crippen molar-refractivity contribution in [1.29, 1.82) is 0 Å². The molecule has 1 unspecified atom stereocenters. The maximum Gasteiger partial charge on any atom is 0.225 e. The van der Waals surface area contributed by atoms with Gasteiger partial charge < -0.3 is 9.88 Å². The lowest BCUT2D eigenvalue weighted by Crippen LogP contribution is -2.30. The van der Waals surface area contributed by atoms with Gasteiger partial charge in [0.2, 0.25) is 5.91 Å². The van der Waals surface area contributed by atoms with Gasteiger partial charge in [0.05, 0.1) is 23.5 Å². The average Bonchev–Trinajstić information content (AvgIpc) is 3.00. The van der Waals surface area contributed by atoms with Crippen LogP contribution in [0.5, 0.6) is 0 Å². The number of imidazole rings is 1. The summed E-state index contributed by atoms with van der Waals surface area (Å²) >= 11 is 0. The van der Waals surface area contributed by atoms with E-state index in [0.29, 0.717) is 6.42 Å². The zero-order valence-corrected chi connectivity index (χ0v) is 15.8. The topological polar surface area (TPSA) is 46.9 Å². The molecule has 0 aliphatic heterocycles. The molecule has 0 saturated heterocycles. The van der Waals surface area contributed by atoms with Crippen LogP contribution in [-0.2, 0) is 17.8 Å². The van der Waals surface area contributed by atoms with E-state index in [9.17, 15) is 4.79 Å². The Balaban J connectivity index is 1.79. The summed E-state index contributed by atoms with van der Waals surface area (Å²) in [5.74, 6) is 0.957. The molecule has 1 aromatic heterocycles. The number of amides is 1. The number of benzene rings is 2. The second-order valence-corrected chi connectivity index (χ2v) is 6.86. The largest absolute Gasteiger partial charge is 0.346 e. The third kappa shape index (κ3) is 3.96. The van der Waals surface area contributed by atoms with Crippen molar-refractivity contribution in [3.05, 3.63) is 65.5 Å². The van der Waals surface area contributed by atoms with E-state index in [1.165, 1.54) is 0 Å². The number of fused-ring (bicyclic) bond motifs is 1. The Kier molecular flexibility index (Phi) is 5.71. The molecule has 3 aromatic rings. The van der Waals surface area contributed by atoms with E-state index in [2.05, 4.69) is 22.9 Å². The van der Waals surface area contributed by atoms with E-state index >= 15 is 0 Å². The lowest BCUT2D eigenvalue weighted by Gasteiger charge is -2.16. The van der Waals surface area contributed by atoms with E-state index < -0.39 is 0 Å². The summed E-state index contributed by atoms with van der Waals surface area (Å²) in [4.78, 5) is 17.3. The van der Waals surface area contributed by atoms with Crippen LogP contribution in [0.4, 0.5) is 0 Å². The molecule has 0 bridgehead atoms. The van der Waals surface area contributed by atoms with Gasteiger partial charge in [0.15, 0.2) is 0 Å². The molecule has 136 valence electrons. The van der Waals surface area contributed by atoms with Gasteiger partial charge in [-0.1, -0.05) is 49.7 Å². The van der Waals surface area contributed by atoms with Crippen molar-refractivity contribution in [3.63, 3.8) is 0 Å². The highest BCUT2D eigenvalue weighted by atomic mass is 16.1. The molecule has 4 heteroatoms. The Morgan fingerprint density at radius 3 is 2.65 bits per heavy atom. The van der Waals surface area contributed by atoms with Gasteiger partial charge in [0.25, 0.3) is 0 Å². The first-order valence-corrected chi connectivity index (χ1v) is 9.39. The monoisotopic (exact) mass is 349 g/mol. The predicted molar refractivity (Wildman–Crippen MR) is 106 cm³/mol. The molecule has 1 N–H and O–H groups in total. The number of carbonyl (C=O) groups excluding carboxylic acids is 1. The lowest BCUT2D eigenvalue weighted by molar-refractivity contribution is -0.121. The number of rotatable bonds is 7. The van der Waals surface area contributed by atoms with Gasteiger partial charge in [-0.3, -0.25) is 4.79 Å². The Labute approximate surface area is 155 Å². The maximum atomic E-state index is 12.5. The van der Waals surface area contributed by atoms with Crippen molar-refractivity contribution in [2.75, 3.05) is 0 Å². The predicted octanol–water partition coefficient (Wildman–Crippen LogP) is 4.56. The van der Waals surface area contributed by atoms with Crippen molar-refractivity contribution in [2.45, 2.75) is 52.6 Å². The van der Waals surface area contributed by atoms with Crippen LogP contribution < -0.4 is 5.32 Å². The summed E-state index contributed by atoms with van der Waals surface area (Å²) < 4.78 is 2.25. The standard InChI is InChI=1S/C22H27N3O/c1-4-5-14-25-20-13-9-8-12-19(20)24-22(25)17(3)23-21(26)15-18-11-7-6-10-16(18)2/h6-13,17H,4-5,14-15H2,1-3H3,(H,23,26).